The molecule has 0 aromatic carbocycles. The Bertz CT molecular complexity index is 508. The van der Waals surface area contributed by atoms with E-state index < -0.39 is 7.32 Å². The van der Waals surface area contributed by atoms with E-state index in [2.05, 4.69) is 48.5 Å². The van der Waals surface area contributed by atoms with Crippen LogP contribution in [0.2, 0.25) is 0 Å². The average molecular weight is 611 g/mol. The molecule has 258 valence electrons. The van der Waals surface area contributed by atoms with Gasteiger partial charge in [-0.1, -0.05) is 132 Å². The lowest BCUT2D eigenvalue weighted by Crippen LogP contribution is -2.62. The van der Waals surface area contributed by atoms with Crippen molar-refractivity contribution in [2.45, 2.75) is 215 Å². The molecule has 0 aromatic rings. The Kier molecular flexibility index (Phi) is 31.8. The van der Waals surface area contributed by atoms with Gasteiger partial charge in [0.05, 0.1) is 25.7 Å². The summed E-state index contributed by atoms with van der Waals surface area (Å²) in [5, 5.41) is 0. The van der Waals surface area contributed by atoms with Gasteiger partial charge in [0.1, 0.15) is 6.04 Å². The van der Waals surface area contributed by atoms with Crippen molar-refractivity contribution in [2.24, 2.45) is 0 Å². The van der Waals surface area contributed by atoms with Gasteiger partial charge in [-0.25, -0.2) is 0 Å². The standard InChI is InChI=1S/C38H81BNO3/c1-8-15-22-27-32-40(33-28-23-16-9-2,34-29-24-17-10-3)37(30-25-18-11-4)38(31-26-19-12-5)43-39(41-35-20-13-6)42-36-21-14-7/h37-38H,8-36H2,1-7H3/q+1. The Morgan fingerprint density at radius 2 is 0.791 bits per heavy atom. The molecular formula is C38H81BNO3+. The molecule has 0 aromatic heterocycles. The molecule has 0 saturated carbocycles. The summed E-state index contributed by atoms with van der Waals surface area (Å²) in [6, 6.07) is 0.528. The molecule has 0 spiro atoms. The van der Waals surface area contributed by atoms with Crippen molar-refractivity contribution < 1.29 is 18.4 Å². The van der Waals surface area contributed by atoms with Crippen LogP contribution in [0.5, 0.6) is 0 Å². The van der Waals surface area contributed by atoms with Crippen LogP contribution in [-0.4, -0.2) is 56.8 Å². The minimum Gasteiger partial charge on any atom is -0.386 e. The van der Waals surface area contributed by atoms with Gasteiger partial charge in [-0.15, -0.1) is 0 Å². The lowest BCUT2D eigenvalue weighted by atomic mass is 9.91. The topological polar surface area (TPSA) is 27.7 Å². The van der Waals surface area contributed by atoms with Gasteiger partial charge in [0.2, 0.25) is 0 Å². The highest BCUT2D eigenvalue weighted by Crippen LogP contribution is 2.31. The van der Waals surface area contributed by atoms with Crippen LogP contribution in [-0.2, 0) is 14.0 Å². The summed E-state index contributed by atoms with van der Waals surface area (Å²) in [6.07, 6.45) is 30.8. The molecule has 0 aliphatic carbocycles. The number of nitrogens with zero attached hydrogens (tertiary/aromatic N) is 1. The quantitative estimate of drug-likeness (QED) is 0.0406. The Hall–Kier alpha value is -0.0951. The first-order valence-electron chi connectivity index (χ1n) is 19.8. The smallest absolute Gasteiger partial charge is 0.386 e. The summed E-state index contributed by atoms with van der Waals surface area (Å²) in [5.74, 6) is 0. The van der Waals surface area contributed by atoms with E-state index in [-0.39, 0.29) is 6.10 Å². The van der Waals surface area contributed by atoms with Crippen molar-refractivity contribution >= 4 is 7.32 Å². The third kappa shape index (κ3) is 22.1. The maximum Gasteiger partial charge on any atom is 0.639 e. The predicted octanol–water partition coefficient (Wildman–Crippen LogP) is 12.1. The Morgan fingerprint density at radius 1 is 0.419 bits per heavy atom. The van der Waals surface area contributed by atoms with E-state index >= 15 is 0 Å². The van der Waals surface area contributed by atoms with E-state index in [1.54, 1.807) is 0 Å². The van der Waals surface area contributed by atoms with Crippen LogP contribution in [0.15, 0.2) is 0 Å². The summed E-state index contributed by atoms with van der Waals surface area (Å²) in [4.78, 5) is 0. The predicted molar refractivity (Wildman–Crippen MR) is 192 cm³/mol. The summed E-state index contributed by atoms with van der Waals surface area (Å²) >= 11 is 0. The first-order valence-corrected chi connectivity index (χ1v) is 19.8. The molecule has 43 heavy (non-hydrogen) atoms. The van der Waals surface area contributed by atoms with Crippen molar-refractivity contribution in [3.8, 4) is 0 Å². The van der Waals surface area contributed by atoms with E-state index in [1.807, 2.05) is 0 Å². The molecule has 0 fully saturated rings. The second-order valence-electron chi connectivity index (χ2n) is 13.5. The van der Waals surface area contributed by atoms with Crippen LogP contribution in [0.3, 0.4) is 0 Å². The van der Waals surface area contributed by atoms with Gasteiger partial charge in [0.25, 0.3) is 0 Å². The molecule has 0 aliphatic heterocycles. The number of hydrogen-bond acceptors (Lipinski definition) is 3. The third-order valence-corrected chi connectivity index (χ3v) is 9.49. The van der Waals surface area contributed by atoms with Gasteiger partial charge >= 0.3 is 7.32 Å². The second kappa shape index (κ2) is 31.9. The maximum absolute atomic E-state index is 7.11. The van der Waals surface area contributed by atoms with Gasteiger partial charge in [0, 0.05) is 19.6 Å². The monoisotopic (exact) mass is 611 g/mol. The van der Waals surface area contributed by atoms with Crippen molar-refractivity contribution in [2.75, 3.05) is 32.8 Å². The summed E-state index contributed by atoms with van der Waals surface area (Å²) < 4.78 is 21.1. The van der Waals surface area contributed by atoms with Crippen LogP contribution in [0, 0.1) is 0 Å². The van der Waals surface area contributed by atoms with Crippen molar-refractivity contribution in [1.29, 1.82) is 0 Å². The molecule has 0 N–H and O–H groups in total. The Labute approximate surface area is 272 Å². The number of rotatable bonds is 35. The lowest BCUT2D eigenvalue weighted by Gasteiger charge is -2.49. The van der Waals surface area contributed by atoms with Crippen LogP contribution < -0.4 is 0 Å². The highest BCUT2D eigenvalue weighted by atomic mass is 16.7. The summed E-state index contributed by atoms with van der Waals surface area (Å²) in [5.41, 5.74) is 0. The van der Waals surface area contributed by atoms with E-state index in [0.717, 1.165) is 45.3 Å². The van der Waals surface area contributed by atoms with Gasteiger partial charge in [-0.05, 0) is 64.2 Å². The number of unbranched alkanes of at least 4 members (excludes halogenated alkanes) is 15. The minimum absolute atomic E-state index is 0.195. The summed E-state index contributed by atoms with van der Waals surface area (Å²) in [7, 11) is -0.527. The van der Waals surface area contributed by atoms with Crippen molar-refractivity contribution in [1.82, 2.24) is 0 Å². The largest absolute Gasteiger partial charge is 0.639 e. The molecule has 5 heteroatoms. The molecule has 0 bridgehead atoms. The molecule has 0 rings (SSSR count). The maximum atomic E-state index is 7.11. The molecule has 0 amide bonds. The number of quaternary nitrogens is 1. The zero-order valence-corrected chi connectivity index (χ0v) is 30.9. The molecule has 2 atom stereocenters. The van der Waals surface area contributed by atoms with E-state index in [0.29, 0.717) is 6.04 Å². The molecule has 0 heterocycles. The summed E-state index contributed by atoms with van der Waals surface area (Å²) in [6.45, 7) is 21.6. The molecule has 4 nitrogen and oxygen atoms in total. The fraction of sp³-hybridized carbons (Fsp3) is 1.00. The molecule has 0 saturated heterocycles. The fourth-order valence-electron chi connectivity index (χ4n) is 6.67. The molecule has 2 unspecified atom stereocenters. The normalized spacial score (nSPS) is 13.5. The van der Waals surface area contributed by atoms with Gasteiger partial charge in [0.15, 0.2) is 0 Å². The average Bonchev–Trinajstić information content (AvgIpc) is 3.01. The van der Waals surface area contributed by atoms with Crippen LogP contribution >= 0.6 is 0 Å². The van der Waals surface area contributed by atoms with E-state index in [1.165, 1.54) is 146 Å². The van der Waals surface area contributed by atoms with Gasteiger partial charge in [-0.2, -0.15) is 0 Å². The first-order chi connectivity index (χ1) is 21.1. The fourth-order valence-corrected chi connectivity index (χ4v) is 6.67. The Morgan fingerprint density at radius 3 is 1.19 bits per heavy atom. The Balaban J connectivity index is 6.54. The van der Waals surface area contributed by atoms with Gasteiger partial charge < -0.3 is 18.4 Å². The molecular weight excluding hydrogens is 529 g/mol. The third-order valence-electron chi connectivity index (χ3n) is 9.49. The van der Waals surface area contributed by atoms with Crippen LogP contribution in [0.1, 0.15) is 203 Å². The van der Waals surface area contributed by atoms with Crippen LogP contribution in [0.25, 0.3) is 0 Å². The van der Waals surface area contributed by atoms with Crippen molar-refractivity contribution in [3.63, 3.8) is 0 Å². The number of hydrogen-bond donors (Lipinski definition) is 0. The zero-order chi connectivity index (χ0) is 31.9. The second-order valence-corrected chi connectivity index (χ2v) is 13.5. The SMILES string of the molecule is CCCCCC[N+](CCCCCC)(CCCCCC)C(CCCCC)C(CCCCC)OB(OCCCC)OCCCC. The molecule has 0 radical (unpaired) electrons. The molecule has 0 aliphatic rings. The van der Waals surface area contributed by atoms with Gasteiger partial charge in [-0.3, -0.25) is 0 Å². The van der Waals surface area contributed by atoms with Crippen LogP contribution in [0.4, 0.5) is 0 Å². The highest BCUT2D eigenvalue weighted by Gasteiger charge is 2.43. The zero-order valence-electron chi connectivity index (χ0n) is 30.9. The van der Waals surface area contributed by atoms with E-state index in [4.69, 9.17) is 14.0 Å². The highest BCUT2D eigenvalue weighted by molar-refractivity contribution is 6.36. The lowest BCUT2D eigenvalue weighted by molar-refractivity contribution is -0.955. The van der Waals surface area contributed by atoms with E-state index in [9.17, 15) is 0 Å². The first kappa shape index (κ1) is 42.9. The minimum atomic E-state index is -0.527. The van der Waals surface area contributed by atoms with Crippen molar-refractivity contribution in [3.05, 3.63) is 0 Å².